The van der Waals surface area contributed by atoms with Crippen molar-refractivity contribution in [2.24, 2.45) is 0 Å². The topological polar surface area (TPSA) is 56.5 Å². The van der Waals surface area contributed by atoms with E-state index in [1.807, 2.05) is 30.3 Å². The number of para-hydroxylation sites is 1. The van der Waals surface area contributed by atoms with E-state index in [9.17, 15) is 0 Å². The van der Waals surface area contributed by atoms with Gasteiger partial charge in [0.2, 0.25) is 0 Å². The van der Waals surface area contributed by atoms with Crippen molar-refractivity contribution >= 4 is 5.69 Å². The number of nitriles is 1. The van der Waals surface area contributed by atoms with E-state index in [2.05, 4.69) is 6.07 Å². The van der Waals surface area contributed by atoms with Crippen LogP contribution in [0.25, 0.3) is 0 Å². The molecule has 1 heterocycles. The minimum absolute atomic E-state index is 0.0541. The molecule has 1 fully saturated rings. The average Bonchev–Trinajstić information content (AvgIpc) is 2.73. The first-order valence-electron chi connectivity index (χ1n) is 4.86. The number of hydroxylamine groups is 1. The van der Waals surface area contributed by atoms with Crippen molar-refractivity contribution < 1.29 is 9.94 Å². The van der Waals surface area contributed by atoms with E-state index < -0.39 is 0 Å². The Labute approximate surface area is 88.3 Å². The summed E-state index contributed by atoms with van der Waals surface area (Å²) in [7, 11) is 0. The number of hydrogen-bond donors (Lipinski definition) is 1. The molecular weight excluding hydrogens is 192 g/mol. The van der Waals surface area contributed by atoms with Crippen LogP contribution in [0.4, 0.5) is 5.69 Å². The van der Waals surface area contributed by atoms with E-state index >= 15 is 0 Å². The van der Waals surface area contributed by atoms with Gasteiger partial charge in [0.1, 0.15) is 12.1 Å². The van der Waals surface area contributed by atoms with Crippen molar-refractivity contribution in [2.75, 3.05) is 11.7 Å². The molecular formula is C11H12N2O2. The van der Waals surface area contributed by atoms with Crippen molar-refractivity contribution in [3.63, 3.8) is 0 Å². The smallest absolute Gasteiger partial charge is 0.145 e. The van der Waals surface area contributed by atoms with Gasteiger partial charge >= 0.3 is 0 Å². The maximum atomic E-state index is 8.98. The molecule has 1 aromatic carbocycles. The first kappa shape index (κ1) is 9.97. The second-order valence-electron chi connectivity index (χ2n) is 3.45. The van der Waals surface area contributed by atoms with E-state index in [1.54, 1.807) is 5.06 Å². The Kier molecular flexibility index (Phi) is 2.86. The highest BCUT2D eigenvalue weighted by Crippen LogP contribution is 2.26. The van der Waals surface area contributed by atoms with Crippen molar-refractivity contribution in [3.05, 3.63) is 30.3 Å². The van der Waals surface area contributed by atoms with Crippen LogP contribution in [0.2, 0.25) is 0 Å². The largest absolute Gasteiger partial charge is 0.394 e. The molecule has 2 atom stereocenters. The molecule has 1 aromatic rings. The average molecular weight is 204 g/mol. The lowest BCUT2D eigenvalue weighted by molar-refractivity contribution is 0.0416. The van der Waals surface area contributed by atoms with Gasteiger partial charge in [0.25, 0.3) is 0 Å². The first-order chi connectivity index (χ1) is 7.35. The van der Waals surface area contributed by atoms with Crippen LogP contribution in [-0.2, 0) is 4.84 Å². The molecule has 0 saturated carbocycles. The fraction of sp³-hybridized carbons (Fsp3) is 0.364. The lowest BCUT2D eigenvalue weighted by Crippen LogP contribution is -2.26. The van der Waals surface area contributed by atoms with Crippen molar-refractivity contribution in [1.29, 1.82) is 5.26 Å². The van der Waals surface area contributed by atoms with Gasteiger partial charge in [-0.3, -0.25) is 4.84 Å². The van der Waals surface area contributed by atoms with E-state index in [0.29, 0.717) is 6.42 Å². The maximum Gasteiger partial charge on any atom is 0.145 e. The van der Waals surface area contributed by atoms with Gasteiger partial charge in [-0.2, -0.15) is 5.26 Å². The standard InChI is InChI=1S/C11H12N2O2/c12-7-10-6-11(8-14)15-13(10)9-4-2-1-3-5-9/h1-5,10-11,14H,6,8H2/t10-,11-/m0/s1. The van der Waals surface area contributed by atoms with E-state index in [4.69, 9.17) is 15.2 Å². The van der Waals surface area contributed by atoms with Gasteiger partial charge in [-0.05, 0) is 12.1 Å². The third-order valence-corrected chi connectivity index (χ3v) is 2.40. The van der Waals surface area contributed by atoms with Crippen LogP contribution >= 0.6 is 0 Å². The lowest BCUT2D eigenvalue weighted by Gasteiger charge is -2.20. The number of nitrogens with zero attached hydrogens (tertiary/aromatic N) is 2. The zero-order chi connectivity index (χ0) is 10.7. The molecule has 0 radical (unpaired) electrons. The fourth-order valence-electron chi connectivity index (χ4n) is 1.65. The van der Waals surface area contributed by atoms with Crippen LogP contribution in [-0.4, -0.2) is 23.9 Å². The third kappa shape index (κ3) is 1.94. The number of rotatable bonds is 2. The van der Waals surface area contributed by atoms with Gasteiger partial charge in [0.05, 0.1) is 18.4 Å². The summed E-state index contributed by atoms with van der Waals surface area (Å²) in [6, 6.07) is 11.3. The number of aliphatic hydroxyl groups is 1. The Bertz CT molecular complexity index is 361. The minimum atomic E-state index is -0.315. The summed E-state index contributed by atoms with van der Waals surface area (Å²) < 4.78 is 0. The Balaban J connectivity index is 2.19. The second-order valence-corrected chi connectivity index (χ2v) is 3.45. The van der Waals surface area contributed by atoms with Crippen molar-refractivity contribution in [3.8, 4) is 6.07 Å². The van der Waals surface area contributed by atoms with Crippen LogP contribution < -0.4 is 5.06 Å². The molecule has 0 aliphatic carbocycles. The predicted octanol–water partition coefficient (Wildman–Crippen LogP) is 1.08. The molecule has 1 aliphatic rings. The molecule has 1 aliphatic heterocycles. The zero-order valence-corrected chi connectivity index (χ0v) is 8.21. The zero-order valence-electron chi connectivity index (χ0n) is 8.21. The van der Waals surface area contributed by atoms with Crippen molar-refractivity contribution in [2.45, 2.75) is 18.6 Å². The van der Waals surface area contributed by atoms with Gasteiger partial charge in [0.15, 0.2) is 0 Å². The molecule has 2 rings (SSSR count). The molecule has 0 spiro atoms. The van der Waals surface area contributed by atoms with Crippen LogP contribution in [0.15, 0.2) is 30.3 Å². The highest BCUT2D eigenvalue weighted by atomic mass is 16.7. The summed E-state index contributed by atoms with van der Waals surface area (Å²) in [6.45, 7) is -0.0541. The molecule has 4 nitrogen and oxygen atoms in total. The second kappa shape index (κ2) is 4.30. The molecule has 1 saturated heterocycles. The molecule has 78 valence electrons. The fourth-order valence-corrected chi connectivity index (χ4v) is 1.65. The predicted molar refractivity (Wildman–Crippen MR) is 54.9 cm³/mol. The van der Waals surface area contributed by atoms with E-state index in [1.165, 1.54) is 0 Å². The summed E-state index contributed by atoms with van der Waals surface area (Å²) in [5.41, 5.74) is 0.847. The van der Waals surface area contributed by atoms with Gasteiger partial charge in [-0.1, -0.05) is 18.2 Å². The number of benzene rings is 1. The quantitative estimate of drug-likeness (QED) is 0.783. The molecule has 1 N–H and O–H groups in total. The van der Waals surface area contributed by atoms with Crippen LogP contribution in [0, 0.1) is 11.3 Å². The molecule has 15 heavy (non-hydrogen) atoms. The van der Waals surface area contributed by atoms with Gasteiger partial charge in [-0.15, -0.1) is 0 Å². The lowest BCUT2D eigenvalue weighted by atomic mass is 10.1. The van der Waals surface area contributed by atoms with Crippen molar-refractivity contribution in [1.82, 2.24) is 0 Å². The first-order valence-corrected chi connectivity index (χ1v) is 4.86. The summed E-state index contributed by atoms with van der Waals surface area (Å²) in [5, 5.41) is 19.5. The van der Waals surface area contributed by atoms with Gasteiger partial charge < -0.3 is 5.11 Å². The Morgan fingerprint density at radius 3 is 2.80 bits per heavy atom. The number of anilines is 1. The van der Waals surface area contributed by atoms with Gasteiger partial charge in [-0.25, -0.2) is 5.06 Å². The summed E-state index contributed by atoms with van der Waals surface area (Å²) >= 11 is 0. The molecule has 0 amide bonds. The van der Waals surface area contributed by atoms with Crippen LogP contribution in [0.3, 0.4) is 0 Å². The summed E-state index contributed by atoms with van der Waals surface area (Å²) in [6.07, 6.45) is 0.275. The summed E-state index contributed by atoms with van der Waals surface area (Å²) in [5.74, 6) is 0. The monoisotopic (exact) mass is 204 g/mol. The van der Waals surface area contributed by atoms with Crippen LogP contribution in [0.1, 0.15) is 6.42 Å². The maximum absolute atomic E-state index is 8.98. The number of hydrogen-bond acceptors (Lipinski definition) is 4. The molecule has 0 bridgehead atoms. The molecule has 0 unspecified atom stereocenters. The Hall–Kier alpha value is -1.57. The minimum Gasteiger partial charge on any atom is -0.394 e. The SMILES string of the molecule is N#C[C@@H]1C[C@@H](CO)ON1c1ccccc1. The molecule has 0 aromatic heterocycles. The number of aliphatic hydroxyl groups excluding tert-OH is 1. The van der Waals surface area contributed by atoms with Gasteiger partial charge in [0, 0.05) is 6.42 Å². The Morgan fingerprint density at radius 2 is 2.20 bits per heavy atom. The molecule has 4 heteroatoms. The van der Waals surface area contributed by atoms with E-state index in [-0.39, 0.29) is 18.8 Å². The highest BCUT2D eigenvalue weighted by Gasteiger charge is 2.33. The van der Waals surface area contributed by atoms with Crippen LogP contribution in [0.5, 0.6) is 0 Å². The summed E-state index contributed by atoms with van der Waals surface area (Å²) in [4.78, 5) is 5.46. The normalized spacial score (nSPS) is 25.2. The third-order valence-electron chi connectivity index (χ3n) is 2.40. The van der Waals surface area contributed by atoms with E-state index in [0.717, 1.165) is 5.69 Å². The highest BCUT2D eigenvalue weighted by molar-refractivity contribution is 5.46. The Morgan fingerprint density at radius 1 is 1.47 bits per heavy atom.